The van der Waals surface area contributed by atoms with Crippen LogP contribution in [0.25, 0.3) is 0 Å². The molecule has 0 saturated heterocycles. The number of amides is 1. The Balaban J connectivity index is 1.93. The first-order valence-electron chi connectivity index (χ1n) is 7.29. The van der Waals surface area contributed by atoms with E-state index in [0.29, 0.717) is 6.54 Å². The number of carbonyl (C=O) groups excluding carboxylic acids is 1. The second-order valence-corrected chi connectivity index (χ2v) is 7.07. The van der Waals surface area contributed by atoms with Crippen LogP contribution in [0, 0.1) is 6.92 Å². The Kier molecular flexibility index (Phi) is 5.52. The third-order valence-electron chi connectivity index (χ3n) is 3.37. The zero-order chi connectivity index (χ0) is 16.9. The van der Waals surface area contributed by atoms with Gasteiger partial charge < -0.3 is 5.32 Å². The molecule has 0 unspecified atom stereocenters. The summed E-state index contributed by atoms with van der Waals surface area (Å²) in [5, 5.41) is 2.73. The van der Waals surface area contributed by atoms with Crippen LogP contribution in [0.2, 0.25) is 0 Å². The molecule has 0 bridgehead atoms. The summed E-state index contributed by atoms with van der Waals surface area (Å²) < 4.78 is 26.7. The molecule has 2 aromatic rings. The molecule has 0 aliphatic rings. The highest BCUT2D eigenvalue weighted by Crippen LogP contribution is 2.08. The molecule has 2 N–H and O–H groups in total. The van der Waals surface area contributed by atoms with Gasteiger partial charge in [0, 0.05) is 6.54 Å². The highest BCUT2D eigenvalue weighted by molar-refractivity contribution is 7.89. The Morgan fingerprint density at radius 1 is 1.04 bits per heavy atom. The monoisotopic (exact) mass is 332 g/mol. The molecule has 2 aromatic carbocycles. The fourth-order valence-corrected chi connectivity index (χ4v) is 3.23. The number of hydrogen-bond donors (Lipinski definition) is 2. The van der Waals surface area contributed by atoms with Crippen molar-refractivity contribution in [3.8, 4) is 0 Å². The van der Waals surface area contributed by atoms with E-state index in [-0.39, 0.29) is 10.8 Å². The van der Waals surface area contributed by atoms with Crippen LogP contribution in [0.1, 0.15) is 18.1 Å². The molecule has 0 heterocycles. The fraction of sp³-hybridized carbons (Fsp3) is 0.235. The molecular weight excluding hydrogens is 312 g/mol. The van der Waals surface area contributed by atoms with Gasteiger partial charge in [0.1, 0.15) is 0 Å². The summed E-state index contributed by atoms with van der Waals surface area (Å²) in [6.07, 6.45) is 0. The van der Waals surface area contributed by atoms with Crippen molar-refractivity contribution in [1.82, 2.24) is 10.0 Å². The maximum atomic E-state index is 12.2. The van der Waals surface area contributed by atoms with Gasteiger partial charge in [-0.1, -0.05) is 48.0 Å². The fourth-order valence-electron chi connectivity index (χ4n) is 2.00. The van der Waals surface area contributed by atoms with E-state index in [4.69, 9.17) is 0 Å². The lowest BCUT2D eigenvalue weighted by Gasteiger charge is -2.14. The van der Waals surface area contributed by atoms with E-state index in [9.17, 15) is 13.2 Å². The lowest BCUT2D eigenvalue weighted by Crippen LogP contribution is -2.44. The zero-order valence-corrected chi connectivity index (χ0v) is 13.9. The average Bonchev–Trinajstić information content (AvgIpc) is 2.54. The Bertz CT molecular complexity index is 756. The number of rotatable bonds is 6. The van der Waals surface area contributed by atoms with Gasteiger partial charge in [-0.25, -0.2) is 8.42 Å². The molecule has 0 aliphatic carbocycles. The van der Waals surface area contributed by atoms with E-state index >= 15 is 0 Å². The molecule has 122 valence electrons. The topological polar surface area (TPSA) is 75.3 Å². The van der Waals surface area contributed by atoms with Crippen LogP contribution in [-0.2, 0) is 21.4 Å². The molecule has 2 rings (SSSR count). The smallest absolute Gasteiger partial charge is 0.241 e. The molecule has 0 saturated carbocycles. The SMILES string of the molecule is Cc1ccc(CNC(=O)[C@@H](C)NS(=O)(=O)c2ccccc2)cc1. The van der Waals surface area contributed by atoms with Gasteiger partial charge in [-0.2, -0.15) is 4.72 Å². The van der Waals surface area contributed by atoms with Crippen LogP contribution >= 0.6 is 0 Å². The van der Waals surface area contributed by atoms with Crippen molar-refractivity contribution in [2.75, 3.05) is 0 Å². The van der Waals surface area contributed by atoms with E-state index in [1.54, 1.807) is 18.2 Å². The summed E-state index contributed by atoms with van der Waals surface area (Å²) >= 11 is 0. The highest BCUT2D eigenvalue weighted by Gasteiger charge is 2.21. The van der Waals surface area contributed by atoms with Gasteiger partial charge >= 0.3 is 0 Å². The number of aryl methyl sites for hydroxylation is 1. The molecule has 23 heavy (non-hydrogen) atoms. The summed E-state index contributed by atoms with van der Waals surface area (Å²) in [5.41, 5.74) is 2.10. The molecule has 1 atom stereocenters. The van der Waals surface area contributed by atoms with Gasteiger partial charge in [0.2, 0.25) is 15.9 Å². The van der Waals surface area contributed by atoms with Crippen molar-refractivity contribution in [2.24, 2.45) is 0 Å². The quantitative estimate of drug-likeness (QED) is 0.849. The van der Waals surface area contributed by atoms with E-state index < -0.39 is 16.1 Å². The van der Waals surface area contributed by atoms with Crippen molar-refractivity contribution in [3.63, 3.8) is 0 Å². The summed E-state index contributed by atoms with van der Waals surface area (Å²) in [7, 11) is -3.70. The third kappa shape index (κ3) is 4.91. The minimum Gasteiger partial charge on any atom is -0.351 e. The van der Waals surface area contributed by atoms with E-state index in [2.05, 4.69) is 10.0 Å². The minimum atomic E-state index is -3.70. The minimum absolute atomic E-state index is 0.137. The molecule has 0 aliphatic heterocycles. The molecule has 0 radical (unpaired) electrons. The molecule has 0 aromatic heterocycles. The van der Waals surface area contributed by atoms with E-state index in [0.717, 1.165) is 11.1 Å². The maximum Gasteiger partial charge on any atom is 0.241 e. The normalized spacial score (nSPS) is 12.6. The molecule has 0 spiro atoms. The van der Waals surface area contributed by atoms with Gasteiger partial charge in [0.05, 0.1) is 10.9 Å². The lowest BCUT2D eigenvalue weighted by molar-refractivity contribution is -0.122. The number of hydrogen-bond acceptors (Lipinski definition) is 3. The number of carbonyl (C=O) groups is 1. The molecule has 5 nitrogen and oxygen atoms in total. The van der Waals surface area contributed by atoms with Crippen LogP contribution in [0.15, 0.2) is 59.5 Å². The highest BCUT2D eigenvalue weighted by atomic mass is 32.2. The third-order valence-corrected chi connectivity index (χ3v) is 4.92. The standard InChI is InChI=1S/C17H20N2O3S/c1-13-8-10-15(11-9-13)12-18-17(20)14(2)19-23(21,22)16-6-4-3-5-7-16/h3-11,14,19H,12H2,1-2H3,(H,18,20)/t14-/m1/s1. The molecule has 0 fully saturated rings. The maximum absolute atomic E-state index is 12.2. The van der Waals surface area contributed by atoms with Crippen molar-refractivity contribution < 1.29 is 13.2 Å². The second kappa shape index (κ2) is 7.39. The van der Waals surface area contributed by atoms with Crippen molar-refractivity contribution in [1.29, 1.82) is 0 Å². The van der Waals surface area contributed by atoms with Crippen LogP contribution in [0.4, 0.5) is 0 Å². The number of sulfonamides is 1. The average molecular weight is 332 g/mol. The van der Waals surface area contributed by atoms with Crippen LogP contribution in [-0.4, -0.2) is 20.4 Å². The predicted octanol–water partition coefficient (Wildman–Crippen LogP) is 1.98. The van der Waals surface area contributed by atoms with Crippen molar-refractivity contribution in [2.45, 2.75) is 31.3 Å². The molecular formula is C17H20N2O3S. The zero-order valence-electron chi connectivity index (χ0n) is 13.1. The number of nitrogens with one attached hydrogen (secondary N) is 2. The predicted molar refractivity (Wildman–Crippen MR) is 89.3 cm³/mol. The second-order valence-electron chi connectivity index (χ2n) is 5.36. The lowest BCUT2D eigenvalue weighted by atomic mass is 10.1. The Morgan fingerprint density at radius 3 is 2.26 bits per heavy atom. The van der Waals surface area contributed by atoms with Gasteiger partial charge in [-0.3, -0.25) is 4.79 Å². The molecule has 1 amide bonds. The van der Waals surface area contributed by atoms with Crippen LogP contribution in [0.5, 0.6) is 0 Å². The summed E-state index contributed by atoms with van der Waals surface area (Å²) in [5.74, 6) is -0.370. The van der Waals surface area contributed by atoms with Gasteiger partial charge in [0.25, 0.3) is 0 Å². The van der Waals surface area contributed by atoms with Crippen LogP contribution in [0.3, 0.4) is 0 Å². The Morgan fingerprint density at radius 2 is 1.65 bits per heavy atom. The van der Waals surface area contributed by atoms with E-state index in [1.165, 1.54) is 19.1 Å². The Hall–Kier alpha value is -2.18. The summed E-state index contributed by atoms with van der Waals surface area (Å²) in [4.78, 5) is 12.2. The van der Waals surface area contributed by atoms with Gasteiger partial charge in [-0.05, 0) is 31.5 Å². The summed E-state index contributed by atoms with van der Waals surface area (Å²) in [6, 6.07) is 14.9. The largest absolute Gasteiger partial charge is 0.351 e. The number of benzene rings is 2. The first kappa shape index (κ1) is 17.2. The van der Waals surface area contributed by atoms with Gasteiger partial charge in [0.15, 0.2) is 0 Å². The van der Waals surface area contributed by atoms with Crippen LogP contribution < -0.4 is 10.0 Å². The van der Waals surface area contributed by atoms with Gasteiger partial charge in [-0.15, -0.1) is 0 Å². The first-order chi connectivity index (χ1) is 10.9. The summed E-state index contributed by atoms with van der Waals surface area (Å²) in [6.45, 7) is 3.87. The Labute approximate surface area is 136 Å². The van der Waals surface area contributed by atoms with Crippen molar-refractivity contribution in [3.05, 3.63) is 65.7 Å². The van der Waals surface area contributed by atoms with E-state index in [1.807, 2.05) is 31.2 Å². The molecule has 6 heteroatoms. The van der Waals surface area contributed by atoms with Crippen molar-refractivity contribution >= 4 is 15.9 Å². The first-order valence-corrected chi connectivity index (χ1v) is 8.77.